The fraction of sp³-hybridized carbons (Fsp3) is 0.917. The van der Waals surface area contributed by atoms with Gasteiger partial charge < -0.3 is 4.90 Å². The molecular formula is C12H21NO. The molecule has 1 amide bonds. The molecule has 2 nitrogen and oxygen atoms in total. The monoisotopic (exact) mass is 195 g/mol. The highest BCUT2D eigenvalue weighted by Gasteiger charge is 2.21. The highest BCUT2D eigenvalue weighted by molar-refractivity contribution is 5.76. The molecule has 1 saturated heterocycles. The average molecular weight is 195 g/mol. The van der Waals surface area contributed by atoms with E-state index in [0.29, 0.717) is 5.91 Å². The van der Waals surface area contributed by atoms with Crippen LogP contribution in [-0.4, -0.2) is 23.9 Å². The molecule has 2 heteroatoms. The van der Waals surface area contributed by atoms with Crippen molar-refractivity contribution >= 4 is 5.91 Å². The van der Waals surface area contributed by atoms with Gasteiger partial charge in [0, 0.05) is 19.5 Å². The molecule has 0 radical (unpaired) electrons. The maximum absolute atomic E-state index is 11.6. The fourth-order valence-corrected chi connectivity index (χ4v) is 2.53. The molecule has 1 heterocycles. The Bertz CT molecular complexity index is 192. The van der Waals surface area contributed by atoms with Crippen molar-refractivity contribution in [3.63, 3.8) is 0 Å². The van der Waals surface area contributed by atoms with E-state index < -0.39 is 0 Å². The number of hydrogen-bond acceptors (Lipinski definition) is 1. The quantitative estimate of drug-likeness (QED) is 0.678. The van der Waals surface area contributed by atoms with Crippen LogP contribution in [0.4, 0.5) is 0 Å². The molecule has 0 aromatic rings. The topological polar surface area (TPSA) is 20.3 Å². The van der Waals surface area contributed by atoms with Crippen molar-refractivity contribution in [3.8, 4) is 0 Å². The highest BCUT2D eigenvalue weighted by atomic mass is 16.2. The zero-order valence-electron chi connectivity index (χ0n) is 9.00. The highest BCUT2D eigenvalue weighted by Crippen LogP contribution is 2.27. The van der Waals surface area contributed by atoms with Crippen LogP contribution >= 0.6 is 0 Å². The number of hydrogen-bond donors (Lipinski definition) is 0. The Hall–Kier alpha value is -0.530. The predicted octanol–water partition coefficient (Wildman–Crippen LogP) is 2.58. The third-order valence-corrected chi connectivity index (χ3v) is 3.70. The first-order chi connectivity index (χ1) is 6.86. The smallest absolute Gasteiger partial charge is 0.222 e. The van der Waals surface area contributed by atoms with Crippen LogP contribution in [0.2, 0.25) is 0 Å². The van der Waals surface area contributed by atoms with E-state index in [1.54, 1.807) is 0 Å². The summed E-state index contributed by atoms with van der Waals surface area (Å²) in [7, 11) is 0. The Labute approximate surface area is 86.7 Å². The molecule has 0 N–H and O–H groups in total. The van der Waals surface area contributed by atoms with Crippen molar-refractivity contribution in [2.75, 3.05) is 13.1 Å². The summed E-state index contributed by atoms with van der Waals surface area (Å²) in [6, 6.07) is 0. The Kier molecular flexibility index (Phi) is 3.44. The van der Waals surface area contributed by atoms with Gasteiger partial charge in [0.2, 0.25) is 5.91 Å². The van der Waals surface area contributed by atoms with Crippen LogP contribution in [-0.2, 0) is 4.79 Å². The first-order valence-electron chi connectivity index (χ1n) is 6.14. The normalized spacial score (nSPS) is 23.3. The minimum Gasteiger partial charge on any atom is -0.343 e. The maximum atomic E-state index is 11.6. The molecule has 14 heavy (non-hydrogen) atoms. The number of nitrogens with zero attached hydrogens (tertiary/aromatic N) is 1. The summed E-state index contributed by atoms with van der Waals surface area (Å²) in [5.74, 6) is 1.26. The average Bonchev–Trinajstić information content (AvgIpc) is 2.14. The van der Waals surface area contributed by atoms with Crippen LogP contribution in [0.5, 0.6) is 0 Å². The van der Waals surface area contributed by atoms with E-state index in [1.807, 2.05) is 4.90 Å². The second kappa shape index (κ2) is 4.81. The van der Waals surface area contributed by atoms with E-state index in [4.69, 9.17) is 0 Å². The van der Waals surface area contributed by atoms with E-state index >= 15 is 0 Å². The molecule has 80 valence electrons. The van der Waals surface area contributed by atoms with Crippen molar-refractivity contribution in [3.05, 3.63) is 0 Å². The van der Waals surface area contributed by atoms with Crippen molar-refractivity contribution in [1.82, 2.24) is 4.90 Å². The number of carbonyl (C=O) groups excluding carboxylic acids is 1. The Morgan fingerprint density at radius 3 is 2.36 bits per heavy atom. The van der Waals surface area contributed by atoms with Crippen molar-refractivity contribution in [2.45, 2.75) is 51.4 Å². The molecule has 2 aliphatic rings. The van der Waals surface area contributed by atoms with Crippen LogP contribution in [0, 0.1) is 5.92 Å². The van der Waals surface area contributed by atoms with Gasteiger partial charge in [0.15, 0.2) is 0 Å². The second-order valence-electron chi connectivity index (χ2n) is 4.78. The van der Waals surface area contributed by atoms with Gasteiger partial charge >= 0.3 is 0 Å². The van der Waals surface area contributed by atoms with Gasteiger partial charge in [0.05, 0.1) is 0 Å². The predicted molar refractivity (Wildman–Crippen MR) is 57.0 cm³/mol. The molecule has 1 saturated carbocycles. The lowest BCUT2D eigenvalue weighted by Crippen LogP contribution is -2.42. The molecule has 0 bridgehead atoms. The molecule has 0 atom stereocenters. The maximum Gasteiger partial charge on any atom is 0.222 e. The van der Waals surface area contributed by atoms with Gasteiger partial charge in [-0.15, -0.1) is 0 Å². The standard InChI is InChI=1S/C12H21NO/c14-12(13-9-4-10-13)8-7-11-5-2-1-3-6-11/h11H,1-10H2. The molecule has 0 unspecified atom stereocenters. The summed E-state index contributed by atoms with van der Waals surface area (Å²) in [5, 5.41) is 0. The molecule has 2 fully saturated rings. The number of rotatable bonds is 3. The van der Waals surface area contributed by atoms with E-state index in [9.17, 15) is 4.79 Å². The summed E-state index contributed by atoms with van der Waals surface area (Å²) in [5.41, 5.74) is 0. The molecule has 2 rings (SSSR count). The Balaban J connectivity index is 1.62. The summed E-state index contributed by atoms with van der Waals surface area (Å²) in [6.45, 7) is 2.03. The summed E-state index contributed by atoms with van der Waals surface area (Å²) < 4.78 is 0. The van der Waals surface area contributed by atoms with Crippen molar-refractivity contribution in [2.24, 2.45) is 5.92 Å². The zero-order chi connectivity index (χ0) is 9.80. The SMILES string of the molecule is O=C(CCC1CCCCC1)N1CCC1. The summed E-state index contributed by atoms with van der Waals surface area (Å²) in [4.78, 5) is 13.6. The van der Waals surface area contributed by atoms with E-state index in [-0.39, 0.29) is 0 Å². The van der Waals surface area contributed by atoms with Gasteiger partial charge in [-0.05, 0) is 18.8 Å². The first kappa shape index (κ1) is 10.0. The summed E-state index contributed by atoms with van der Waals surface area (Å²) in [6.07, 6.45) is 10.1. The third kappa shape index (κ3) is 2.49. The first-order valence-corrected chi connectivity index (χ1v) is 6.14. The van der Waals surface area contributed by atoms with Crippen molar-refractivity contribution < 1.29 is 4.79 Å². The van der Waals surface area contributed by atoms with Crippen LogP contribution in [0.15, 0.2) is 0 Å². The lowest BCUT2D eigenvalue weighted by atomic mass is 9.86. The molecule has 1 aliphatic heterocycles. The molecule has 0 aromatic carbocycles. The Morgan fingerprint density at radius 2 is 1.79 bits per heavy atom. The minimum atomic E-state index is 0.404. The lowest BCUT2D eigenvalue weighted by molar-refractivity contribution is -0.134. The Morgan fingerprint density at radius 1 is 1.07 bits per heavy atom. The van der Waals surface area contributed by atoms with Crippen molar-refractivity contribution in [1.29, 1.82) is 0 Å². The van der Waals surface area contributed by atoms with Gasteiger partial charge in [-0.1, -0.05) is 32.1 Å². The van der Waals surface area contributed by atoms with E-state index in [2.05, 4.69) is 0 Å². The van der Waals surface area contributed by atoms with Gasteiger partial charge in [-0.3, -0.25) is 4.79 Å². The van der Waals surface area contributed by atoms with Gasteiger partial charge in [-0.2, -0.15) is 0 Å². The number of amides is 1. The largest absolute Gasteiger partial charge is 0.343 e. The number of carbonyl (C=O) groups is 1. The minimum absolute atomic E-state index is 0.404. The third-order valence-electron chi connectivity index (χ3n) is 3.70. The second-order valence-corrected chi connectivity index (χ2v) is 4.78. The van der Waals surface area contributed by atoms with E-state index in [1.165, 1.54) is 38.5 Å². The van der Waals surface area contributed by atoms with Crippen LogP contribution in [0.3, 0.4) is 0 Å². The zero-order valence-corrected chi connectivity index (χ0v) is 9.00. The van der Waals surface area contributed by atoms with Gasteiger partial charge in [-0.25, -0.2) is 0 Å². The van der Waals surface area contributed by atoms with Crippen LogP contribution in [0.1, 0.15) is 51.4 Å². The van der Waals surface area contributed by atoms with Crippen LogP contribution < -0.4 is 0 Å². The molecule has 0 spiro atoms. The molecular weight excluding hydrogens is 174 g/mol. The van der Waals surface area contributed by atoms with E-state index in [0.717, 1.165) is 31.8 Å². The van der Waals surface area contributed by atoms with Crippen LogP contribution in [0.25, 0.3) is 0 Å². The number of likely N-dealkylation sites (tertiary alicyclic amines) is 1. The van der Waals surface area contributed by atoms with Gasteiger partial charge in [0.1, 0.15) is 0 Å². The van der Waals surface area contributed by atoms with Gasteiger partial charge in [0.25, 0.3) is 0 Å². The lowest BCUT2D eigenvalue weighted by Gasteiger charge is -2.31. The molecule has 1 aliphatic carbocycles. The molecule has 0 aromatic heterocycles. The summed E-state index contributed by atoms with van der Waals surface area (Å²) >= 11 is 0. The fourth-order valence-electron chi connectivity index (χ4n) is 2.53.